The first-order valence-electron chi connectivity index (χ1n) is 9.97. The molecule has 1 aromatic carbocycles. The number of hydrogen-bond donors (Lipinski definition) is 1. The Morgan fingerprint density at radius 1 is 1.26 bits per heavy atom. The van der Waals surface area contributed by atoms with Crippen molar-refractivity contribution in [3.05, 3.63) is 24.3 Å². The molecule has 0 saturated heterocycles. The highest BCUT2D eigenvalue weighted by Gasteiger charge is 2.33. The minimum absolute atomic E-state index is 0.0857. The van der Waals surface area contributed by atoms with E-state index in [1.807, 2.05) is 36.1 Å². The first-order chi connectivity index (χ1) is 13.1. The van der Waals surface area contributed by atoms with E-state index >= 15 is 0 Å². The molecule has 0 spiro atoms. The molecule has 1 aromatic rings. The molecule has 1 amide bonds. The third kappa shape index (κ3) is 5.14. The van der Waals surface area contributed by atoms with Crippen LogP contribution in [0, 0.1) is 11.3 Å². The largest absolute Gasteiger partial charge is 0.486 e. The number of carbonyl (C=O) groups excluding carboxylic acids is 1. The first kappa shape index (κ1) is 19.5. The van der Waals surface area contributed by atoms with Crippen LogP contribution in [0.25, 0.3) is 0 Å². The zero-order chi connectivity index (χ0) is 19.1. The molecule has 1 unspecified atom stereocenters. The van der Waals surface area contributed by atoms with Crippen molar-refractivity contribution in [2.75, 3.05) is 26.2 Å². The van der Waals surface area contributed by atoms with Gasteiger partial charge in [0.25, 0.3) is 0 Å². The third-order valence-corrected chi connectivity index (χ3v) is 5.39. The van der Waals surface area contributed by atoms with Gasteiger partial charge in [0.1, 0.15) is 18.2 Å². The van der Waals surface area contributed by atoms with Crippen LogP contribution in [0.3, 0.4) is 0 Å². The van der Waals surface area contributed by atoms with Crippen molar-refractivity contribution < 1.29 is 14.3 Å². The Morgan fingerprint density at radius 2 is 1.96 bits per heavy atom. The van der Waals surface area contributed by atoms with Crippen molar-refractivity contribution in [1.29, 1.82) is 5.26 Å². The summed E-state index contributed by atoms with van der Waals surface area (Å²) >= 11 is 0. The van der Waals surface area contributed by atoms with E-state index in [1.165, 1.54) is 0 Å². The van der Waals surface area contributed by atoms with E-state index in [-0.39, 0.29) is 18.6 Å². The van der Waals surface area contributed by atoms with E-state index in [9.17, 15) is 10.1 Å². The van der Waals surface area contributed by atoms with Gasteiger partial charge in [0.15, 0.2) is 11.5 Å². The Hall–Kier alpha value is -2.26. The summed E-state index contributed by atoms with van der Waals surface area (Å²) in [5.74, 6) is 1.42. The number of nitrogens with zero attached hydrogens (tertiary/aromatic N) is 2. The SMILES string of the molecule is CCN(CC(=O)NC1(C#N)CCCCCC1)CC1COc2ccccc2O1. The molecule has 0 bridgehead atoms. The molecule has 1 aliphatic heterocycles. The molecule has 1 N–H and O–H groups in total. The number of carbonyl (C=O) groups is 1. The lowest BCUT2D eigenvalue weighted by Crippen LogP contribution is -2.51. The summed E-state index contributed by atoms with van der Waals surface area (Å²) in [5.41, 5.74) is -0.698. The lowest BCUT2D eigenvalue weighted by molar-refractivity contribution is -0.124. The molecule has 1 atom stereocenters. The Bertz CT molecular complexity index is 677. The van der Waals surface area contributed by atoms with Crippen LogP contribution in [-0.2, 0) is 4.79 Å². The van der Waals surface area contributed by atoms with Gasteiger partial charge in [-0.1, -0.05) is 44.7 Å². The monoisotopic (exact) mass is 371 g/mol. The first-order valence-corrected chi connectivity index (χ1v) is 9.97. The minimum Gasteiger partial charge on any atom is -0.486 e. The molecule has 3 rings (SSSR count). The number of para-hydroxylation sites is 2. The van der Waals surface area contributed by atoms with Crippen LogP contribution in [0.2, 0.25) is 0 Å². The fourth-order valence-corrected chi connectivity index (χ4v) is 3.85. The van der Waals surface area contributed by atoms with Crippen molar-refractivity contribution in [3.63, 3.8) is 0 Å². The topological polar surface area (TPSA) is 74.6 Å². The van der Waals surface area contributed by atoms with Crippen molar-refractivity contribution in [1.82, 2.24) is 10.2 Å². The van der Waals surface area contributed by atoms with E-state index in [2.05, 4.69) is 11.4 Å². The predicted molar refractivity (Wildman–Crippen MR) is 103 cm³/mol. The van der Waals surface area contributed by atoms with E-state index in [1.54, 1.807) is 0 Å². The molecular formula is C21H29N3O3. The number of fused-ring (bicyclic) bond motifs is 1. The zero-order valence-electron chi connectivity index (χ0n) is 16.1. The van der Waals surface area contributed by atoms with E-state index in [0.717, 1.165) is 56.6 Å². The van der Waals surface area contributed by atoms with E-state index < -0.39 is 5.54 Å². The predicted octanol–water partition coefficient (Wildman–Crippen LogP) is 2.88. The normalized spacial score (nSPS) is 21.1. The van der Waals surface area contributed by atoms with Crippen LogP contribution < -0.4 is 14.8 Å². The van der Waals surface area contributed by atoms with Gasteiger partial charge >= 0.3 is 0 Å². The average Bonchev–Trinajstić information content (AvgIpc) is 2.93. The van der Waals surface area contributed by atoms with Crippen LogP contribution in [0.15, 0.2) is 24.3 Å². The highest BCUT2D eigenvalue weighted by atomic mass is 16.6. The Kier molecular flexibility index (Phi) is 6.57. The molecule has 146 valence electrons. The Labute approximate surface area is 161 Å². The van der Waals surface area contributed by atoms with Crippen LogP contribution in [-0.4, -0.2) is 48.7 Å². The van der Waals surface area contributed by atoms with Gasteiger partial charge in [-0.2, -0.15) is 5.26 Å². The highest BCUT2D eigenvalue weighted by Crippen LogP contribution is 2.31. The molecule has 6 heteroatoms. The van der Waals surface area contributed by atoms with Gasteiger partial charge in [-0.15, -0.1) is 0 Å². The van der Waals surface area contributed by atoms with Gasteiger partial charge in [0.05, 0.1) is 12.6 Å². The number of benzene rings is 1. The van der Waals surface area contributed by atoms with Gasteiger partial charge in [-0.25, -0.2) is 0 Å². The van der Waals surface area contributed by atoms with E-state index in [0.29, 0.717) is 13.2 Å². The number of ether oxygens (including phenoxy) is 2. The molecule has 1 heterocycles. The summed E-state index contributed by atoms with van der Waals surface area (Å²) in [4.78, 5) is 14.7. The lowest BCUT2D eigenvalue weighted by atomic mass is 9.92. The highest BCUT2D eigenvalue weighted by molar-refractivity contribution is 5.79. The molecule has 1 saturated carbocycles. The van der Waals surface area contributed by atoms with Gasteiger partial charge in [0.2, 0.25) is 5.91 Å². The molecule has 1 fully saturated rings. The summed E-state index contributed by atoms with van der Waals surface area (Å²) < 4.78 is 11.8. The maximum atomic E-state index is 12.6. The number of rotatable bonds is 6. The fourth-order valence-electron chi connectivity index (χ4n) is 3.85. The summed E-state index contributed by atoms with van der Waals surface area (Å²) in [6, 6.07) is 10.0. The molecule has 2 aliphatic rings. The zero-order valence-corrected chi connectivity index (χ0v) is 16.1. The molecule has 27 heavy (non-hydrogen) atoms. The summed E-state index contributed by atoms with van der Waals surface area (Å²) in [6.45, 7) is 4.10. The molecule has 6 nitrogen and oxygen atoms in total. The summed E-state index contributed by atoms with van der Waals surface area (Å²) in [6.07, 6.45) is 5.66. The van der Waals surface area contributed by atoms with Crippen molar-refractivity contribution in [2.24, 2.45) is 0 Å². The second kappa shape index (κ2) is 9.09. The van der Waals surface area contributed by atoms with Crippen LogP contribution in [0.4, 0.5) is 0 Å². The maximum absolute atomic E-state index is 12.6. The fraction of sp³-hybridized carbons (Fsp3) is 0.619. The van der Waals surface area contributed by atoms with Crippen LogP contribution in [0.5, 0.6) is 11.5 Å². The smallest absolute Gasteiger partial charge is 0.235 e. The minimum atomic E-state index is -0.698. The number of hydrogen-bond acceptors (Lipinski definition) is 5. The molecule has 0 aromatic heterocycles. The Balaban J connectivity index is 1.54. The van der Waals surface area contributed by atoms with Gasteiger partial charge in [-0.3, -0.25) is 9.69 Å². The molecule has 1 aliphatic carbocycles. The lowest BCUT2D eigenvalue weighted by Gasteiger charge is -2.32. The van der Waals surface area contributed by atoms with Crippen molar-refractivity contribution in [2.45, 2.75) is 57.1 Å². The molecule has 0 radical (unpaired) electrons. The second-order valence-electron chi connectivity index (χ2n) is 7.48. The number of nitriles is 1. The van der Waals surface area contributed by atoms with Gasteiger partial charge < -0.3 is 14.8 Å². The van der Waals surface area contributed by atoms with Gasteiger partial charge in [-0.05, 0) is 31.5 Å². The average molecular weight is 371 g/mol. The Morgan fingerprint density at radius 3 is 2.63 bits per heavy atom. The third-order valence-electron chi connectivity index (χ3n) is 5.39. The number of likely N-dealkylation sites (N-methyl/N-ethyl adjacent to an activating group) is 1. The quantitative estimate of drug-likeness (QED) is 0.778. The van der Waals surface area contributed by atoms with Crippen LogP contribution >= 0.6 is 0 Å². The second-order valence-corrected chi connectivity index (χ2v) is 7.48. The van der Waals surface area contributed by atoms with Crippen LogP contribution in [0.1, 0.15) is 45.4 Å². The number of nitrogens with one attached hydrogen (secondary N) is 1. The van der Waals surface area contributed by atoms with E-state index in [4.69, 9.17) is 9.47 Å². The summed E-state index contributed by atoms with van der Waals surface area (Å²) in [7, 11) is 0. The molecular weight excluding hydrogens is 342 g/mol. The maximum Gasteiger partial charge on any atom is 0.235 e. The van der Waals surface area contributed by atoms with Crippen molar-refractivity contribution in [3.8, 4) is 17.6 Å². The van der Waals surface area contributed by atoms with Gasteiger partial charge in [0, 0.05) is 6.54 Å². The standard InChI is InChI=1S/C21H29N3O3/c1-2-24(13-17-15-26-18-9-5-6-10-19(18)27-17)14-20(25)23-21(16-22)11-7-3-4-8-12-21/h5-6,9-10,17H,2-4,7-8,11-15H2,1H3,(H,23,25). The van der Waals surface area contributed by atoms with Crippen molar-refractivity contribution >= 4 is 5.91 Å². The summed E-state index contributed by atoms with van der Waals surface area (Å²) in [5, 5.41) is 12.7. The number of amides is 1.